The predicted octanol–water partition coefficient (Wildman–Crippen LogP) is 5.84. The number of hydrogen-bond donors (Lipinski definition) is 2. The highest BCUT2D eigenvalue weighted by Gasteiger charge is 2.22. The molecule has 1 heterocycles. The van der Waals surface area contributed by atoms with Crippen LogP contribution in [0.15, 0.2) is 64.4 Å². The van der Waals surface area contributed by atoms with Gasteiger partial charge in [0.1, 0.15) is 22.5 Å². The fourth-order valence-corrected chi connectivity index (χ4v) is 4.35. The molecule has 0 saturated carbocycles. The number of fused-ring (bicyclic) bond motifs is 1. The van der Waals surface area contributed by atoms with Gasteiger partial charge in [0.15, 0.2) is 0 Å². The van der Waals surface area contributed by atoms with Gasteiger partial charge in [0.05, 0.1) is 0 Å². The summed E-state index contributed by atoms with van der Waals surface area (Å²) in [6.07, 6.45) is 0. The second-order valence-corrected chi connectivity index (χ2v) is 10.0. The third kappa shape index (κ3) is 4.62. The van der Waals surface area contributed by atoms with E-state index in [9.17, 15) is 9.90 Å². The molecule has 0 aliphatic carbocycles. The summed E-state index contributed by atoms with van der Waals surface area (Å²) in [7, 11) is 0. The largest absolute Gasteiger partial charge is 0.505 e. The summed E-state index contributed by atoms with van der Waals surface area (Å²) >= 11 is 1.61. The number of nitrogens with zero attached hydrogens (tertiary/aromatic N) is 3. The van der Waals surface area contributed by atoms with Gasteiger partial charge in [0.25, 0.3) is 0 Å². The summed E-state index contributed by atoms with van der Waals surface area (Å²) in [6.45, 7) is 9.72. The molecule has 164 valence electrons. The SMILES string of the molecule is CC(=O)Nc1ccc(Sc2ccc3nn(-c4cc(C)cc(C(C)(C)C)c4O)nc3c2)cc1. The van der Waals surface area contributed by atoms with Crippen molar-refractivity contribution < 1.29 is 9.90 Å². The molecule has 3 aromatic carbocycles. The molecule has 0 spiro atoms. The fourth-order valence-electron chi connectivity index (χ4n) is 3.50. The van der Waals surface area contributed by atoms with Crippen LogP contribution in [0.4, 0.5) is 5.69 Å². The number of amides is 1. The van der Waals surface area contributed by atoms with Crippen molar-refractivity contribution in [3.8, 4) is 11.4 Å². The standard InChI is InChI=1S/C25H26N4O2S/c1-15-12-20(25(3,4)5)24(31)23(13-15)29-27-21-11-10-19(14-22(21)28-29)32-18-8-6-17(7-9-18)26-16(2)30/h6-14,31H,1-5H3,(H,26,30). The third-order valence-corrected chi connectivity index (χ3v) is 6.02. The molecule has 6 nitrogen and oxygen atoms in total. The Morgan fingerprint density at radius 3 is 2.28 bits per heavy atom. The van der Waals surface area contributed by atoms with Crippen LogP contribution in [0.25, 0.3) is 16.7 Å². The van der Waals surface area contributed by atoms with Gasteiger partial charge < -0.3 is 10.4 Å². The lowest BCUT2D eigenvalue weighted by Crippen LogP contribution is -2.13. The number of aromatic nitrogens is 3. The summed E-state index contributed by atoms with van der Waals surface area (Å²) < 4.78 is 0. The average molecular weight is 447 g/mol. The van der Waals surface area contributed by atoms with Gasteiger partial charge in [-0.15, -0.1) is 15.0 Å². The van der Waals surface area contributed by atoms with Crippen LogP contribution in [0.1, 0.15) is 38.8 Å². The lowest BCUT2D eigenvalue weighted by molar-refractivity contribution is -0.114. The van der Waals surface area contributed by atoms with Gasteiger partial charge in [-0.3, -0.25) is 4.79 Å². The number of hydrogen-bond acceptors (Lipinski definition) is 5. The average Bonchev–Trinajstić information content (AvgIpc) is 3.13. The fraction of sp³-hybridized carbons (Fsp3) is 0.240. The maximum atomic E-state index is 11.2. The highest BCUT2D eigenvalue weighted by atomic mass is 32.2. The minimum Gasteiger partial charge on any atom is -0.505 e. The number of nitrogens with one attached hydrogen (secondary N) is 1. The molecule has 2 N–H and O–H groups in total. The molecular weight excluding hydrogens is 420 g/mol. The lowest BCUT2D eigenvalue weighted by atomic mass is 9.85. The highest BCUT2D eigenvalue weighted by Crippen LogP contribution is 2.36. The molecule has 0 unspecified atom stereocenters. The van der Waals surface area contributed by atoms with Crippen LogP contribution < -0.4 is 5.32 Å². The predicted molar refractivity (Wildman–Crippen MR) is 129 cm³/mol. The molecule has 0 bridgehead atoms. The molecule has 4 aromatic rings. The van der Waals surface area contributed by atoms with E-state index in [1.807, 2.05) is 61.5 Å². The van der Waals surface area contributed by atoms with Crippen molar-refractivity contribution in [2.24, 2.45) is 0 Å². The second-order valence-electron chi connectivity index (χ2n) is 8.88. The van der Waals surface area contributed by atoms with E-state index in [1.165, 1.54) is 11.7 Å². The number of benzene rings is 3. The number of phenolic OH excluding ortho intramolecular Hbond substituents is 1. The molecule has 0 aliphatic rings. The van der Waals surface area contributed by atoms with E-state index >= 15 is 0 Å². The Morgan fingerprint density at radius 2 is 1.62 bits per heavy atom. The van der Waals surface area contributed by atoms with Crippen LogP contribution in [0.2, 0.25) is 0 Å². The zero-order valence-corrected chi connectivity index (χ0v) is 19.6. The van der Waals surface area contributed by atoms with E-state index in [2.05, 4.69) is 36.3 Å². The molecule has 0 atom stereocenters. The van der Waals surface area contributed by atoms with Crippen LogP contribution >= 0.6 is 11.8 Å². The highest BCUT2D eigenvalue weighted by molar-refractivity contribution is 7.99. The maximum Gasteiger partial charge on any atom is 0.221 e. The van der Waals surface area contributed by atoms with E-state index in [0.717, 1.165) is 37.6 Å². The minimum absolute atomic E-state index is 0.0896. The molecule has 32 heavy (non-hydrogen) atoms. The van der Waals surface area contributed by atoms with E-state index in [4.69, 9.17) is 0 Å². The Hall–Kier alpha value is -3.32. The third-order valence-electron chi connectivity index (χ3n) is 5.02. The number of carbonyl (C=O) groups excluding carboxylic acids is 1. The van der Waals surface area contributed by atoms with Crippen molar-refractivity contribution in [2.45, 2.75) is 49.8 Å². The van der Waals surface area contributed by atoms with Crippen LogP contribution in [0, 0.1) is 6.92 Å². The molecular formula is C25H26N4O2S. The monoisotopic (exact) mass is 446 g/mol. The Bertz CT molecular complexity index is 1300. The number of carbonyl (C=O) groups is 1. The van der Waals surface area contributed by atoms with Crippen LogP contribution in [0.5, 0.6) is 5.75 Å². The van der Waals surface area contributed by atoms with Gasteiger partial charge in [-0.05, 0) is 66.4 Å². The zero-order chi connectivity index (χ0) is 23.0. The van der Waals surface area contributed by atoms with Gasteiger partial charge in [0, 0.05) is 28.0 Å². The van der Waals surface area contributed by atoms with Gasteiger partial charge in [-0.25, -0.2) is 0 Å². The first-order valence-electron chi connectivity index (χ1n) is 10.4. The van der Waals surface area contributed by atoms with E-state index < -0.39 is 0 Å². The van der Waals surface area contributed by atoms with Crippen molar-refractivity contribution in [3.05, 3.63) is 65.7 Å². The summed E-state index contributed by atoms with van der Waals surface area (Å²) in [5.74, 6) is 0.116. The van der Waals surface area contributed by atoms with Crippen molar-refractivity contribution in [3.63, 3.8) is 0 Å². The summed E-state index contributed by atoms with van der Waals surface area (Å²) in [5.41, 5.74) is 4.57. The minimum atomic E-state index is -0.198. The van der Waals surface area contributed by atoms with Crippen LogP contribution in [-0.2, 0) is 10.2 Å². The molecule has 4 rings (SSSR count). The van der Waals surface area contributed by atoms with Crippen LogP contribution in [-0.4, -0.2) is 26.0 Å². The first-order valence-corrected chi connectivity index (χ1v) is 11.2. The maximum absolute atomic E-state index is 11.2. The number of rotatable bonds is 4. The van der Waals surface area contributed by atoms with Gasteiger partial charge in [-0.2, -0.15) is 0 Å². The zero-order valence-electron chi connectivity index (χ0n) is 18.8. The first-order chi connectivity index (χ1) is 15.1. The lowest BCUT2D eigenvalue weighted by Gasteiger charge is -2.22. The van der Waals surface area contributed by atoms with E-state index in [1.54, 1.807) is 11.8 Å². The quantitative estimate of drug-likeness (QED) is 0.412. The number of aromatic hydroxyl groups is 1. The Labute approximate surface area is 191 Å². The van der Waals surface area contributed by atoms with Crippen molar-refractivity contribution >= 4 is 34.4 Å². The first kappa shape index (κ1) is 21.9. The Balaban J connectivity index is 1.64. The van der Waals surface area contributed by atoms with E-state index in [0.29, 0.717) is 5.69 Å². The normalized spacial score (nSPS) is 11.7. The molecule has 1 aromatic heterocycles. The molecule has 1 amide bonds. The molecule has 0 aliphatic heterocycles. The van der Waals surface area contributed by atoms with Gasteiger partial charge in [-0.1, -0.05) is 38.6 Å². The van der Waals surface area contributed by atoms with Crippen molar-refractivity contribution in [2.75, 3.05) is 5.32 Å². The Morgan fingerprint density at radius 1 is 0.969 bits per heavy atom. The van der Waals surface area contributed by atoms with Crippen molar-refractivity contribution in [1.29, 1.82) is 0 Å². The van der Waals surface area contributed by atoms with Crippen LogP contribution in [0.3, 0.4) is 0 Å². The van der Waals surface area contributed by atoms with Gasteiger partial charge in [0.2, 0.25) is 5.91 Å². The Kier molecular flexibility index (Phi) is 5.69. The number of aryl methyl sites for hydroxylation is 1. The molecule has 0 radical (unpaired) electrons. The smallest absolute Gasteiger partial charge is 0.221 e. The topological polar surface area (TPSA) is 80.0 Å². The summed E-state index contributed by atoms with van der Waals surface area (Å²) in [5, 5.41) is 22.9. The number of phenols is 1. The molecule has 7 heteroatoms. The summed E-state index contributed by atoms with van der Waals surface area (Å²) in [6, 6.07) is 17.5. The van der Waals surface area contributed by atoms with Gasteiger partial charge >= 0.3 is 0 Å². The summed E-state index contributed by atoms with van der Waals surface area (Å²) in [4.78, 5) is 14.8. The second kappa shape index (κ2) is 8.31. The molecule has 0 fully saturated rings. The van der Waals surface area contributed by atoms with E-state index in [-0.39, 0.29) is 17.1 Å². The van der Waals surface area contributed by atoms with Crippen molar-refractivity contribution in [1.82, 2.24) is 15.0 Å². The molecule has 0 saturated heterocycles. The number of anilines is 1.